The number of pyridine rings is 1. The molecular weight excluding hydrogens is 240 g/mol. The zero-order valence-electron chi connectivity index (χ0n) is 11.1. The SMILES string of the molecule is O=C(O)c1ccc(CN(CC2CC2)CC2CC2)nc1. The van der Waals surface area contributed by atoms with Crippen LogP contribution in [0.2, 0.25) is 0 Å². The number of aromatic nitrogens is 1. The molecule has 2 fully saturated rings. The van der Waals surface area contributed by atoms with Crippen LogP contribution >= 0.6 is 0 Å². The molecule has 1 N–H and O–H groups in total. The quantitative estimate of drug-likeness (QED) is 0.818. The Morgan fingerprint density at radius 1 is 1.21 bits per heavy atom. The molecule has 0 spiro atoms. The molecule has 0 aliphatic heterocycles. The van der Waals surface area contributed by atoms with Crippen LogP contribution in [0.15, 0.2) is 18.3 Å². The summed E-state index contributed by atoms with van der Waals surface area (Å²) in [5.74, 6) is 0.862. The lowest BCUT2D eigenvalue weighted by molar-refractivity contribution is 0.0696. The summed E-state index contributed by atoms with van der Waals surface area (Å²) >= 11 is 0. The number of carboxylic acids is 1. The van der Waals surface area contributed by atoms with Gasteiger partial charge >= 0.3 is 5.97 Å². The maximum atomic E-state index is 10.8. The minimum atomic E-state index is -0.910. The second-order valence-electron chi connectivity index (χ2n) is 5.92. The molecule has 4 heteroatoms. The highest BCUT2D eigenvalue weighted by Crippen LogP contribution is 2.34. The van der Waals surface area contributed by atoms with Gasteiger partial charge in [-0.15, -0.1) is 0 Å². The maximum absolute atomic E-state index is 10.8. The van der Waals surface area contributed by atoms with E-state index in [0.717, 1.165) is 24.1 Å². The topological polar surface area (TPSA) is 53.4 Å². The van der Waals surface area contributed by atoms with E-state index >= 15 is 0 Å². The van der Waals surface area contributed by atoms with Gasteiger partial charge in [0.1, 0.15) is 0 Å². The van der Waals surface area contributed by atoms with Gasteiger partial charge in [0.25, 0.3) is 0 Å². The molecule has 1 aromatic rings. The number of hydrogen-bond acceptors (Lipinski definition) is 3. The highest BCUT2D eigenvalue weighted by Gasteiger charge is 2.29. The van der Waals surface area contributed by atoms with Crippen molar-refractivity contribution in [3.63, 3.8) is 0 Å². The third kappa shape index (κ3) is 3.77. The van der Waals surface area contributed by atoms with Crippen molar-refractivity contribution >= 4 is 5.97 Å². The predicted molar refractivity (Wildman–Crippen MR) is 71.9 cm³/mol. The summed E-state index contributed by atoms with van der Waals surface area (Å²) in [6.45, 7) is 3.21. The van der Waals surface area contributed by atoms with Crippen molar-refractivity contribution in [2.24, 2.45) is 11.8 Å². The Bertz CT molecular complexity index is 436. The summed E-state index contributed by atoms with van der Waals surface area (Å²) in [5.41, 5.74) is 1.24. The standard InChI is InChI=1S/C15H20N2O2/c18-15(19)13-5-6-14(16-7-13)10-17(8-11-1-2-11)9-12-3-4-12/h5-7,11-12H,1-4,8-10H2,(H,18,19). The second kappa shape index (κ2) is 5.29. The summed E-state index contributed by atoms with van der Waals surface area (Å²) < 4.78 is 0. The average Bonchev–Trinajstić information content (AvgIpc) is 3.26. The largest absolute Gasteiger partial charge is 0.478 e. The van der Waals surface area contributed by atoms with Crippen LogP contribution in [-0.4, -0.2) is 34.0 Å². The fraction of sp³-hybridized carbons (Fsp3) is 0.600. The van der Waals surface area contributed by atoms with E-state index in [-0.39, 0.29) is 5.56 Å². The van der Waals surface area contributed by atoms with Crippen molar-refractivity contribution in [2.45, 2.75) is 32.2 Å². The average molecular weight is 260 g/mol. The van der Waals surface area contributed by atoms with Crippen LogP contribution in [0.25, 0.3) is 0 Å². The number of hydrogen-bond donors (Lipinski definition) is 1. The van der Waals surface area contributed by atoms with Crippen LogP contribution in [0.1, 0.15) is 41.7 Å². The Hall–Kier alpha value is -1.42. The Labute approximate surface area is 113 Å². The van der Waals surface area contributed by atoms with Crippen LogP contribution < -0.4 is 0 Å². The summed E-state index contributed by atoms with van der Waals surface area (Å²) in [7, 11) is 0. The molecule has 0 aromatic carbocycles. The van der Waals surface area contributed by atoms with Gasteiger partial charge in [-0.2, -0.15) is 0 Å². The van der Waals surface area contributed by atoms with Crippen molar-refractivity contribution < 1.29 is 9.90 Å². The highest BCUT2D eigenvalue weighted by atomic mass is 16.4. The molecule has 4 nitrogen and oxygen atoms in total. The molecule has 2 aliphatic carbocycles. The monoisotopic (exact) mass is 260 g/mol. The minimum absolute atomic E-state index is 0.264. The molecule has 0 unspecified atom stereocenters. The van der Waals surface area contributed by atoms with Crippen molar-refractivity contribution in [2.75, 3.05) is 13.1 Å². The highest BCUT2D eigenvalue weighted by molar-refractivity contribution is 5.87. The molecule has 0 saturated heterocycles. The number of nitrogens with zero attached hydrogens (tertiary/aromatic N) is 2. The molecule has 2 saturated carbocycles. The van der Waals surface area contributed by atoms with E-state index in [1.807, 2.05) is 6.07 Å². The summed E-state index contributed by atoms with van der Waals surface area (Å²) in [6.07, 6.45) is 6.93. The van der Waals surface area contributed by atoms with Crippen LogP contribution in [-0.2, 0) is 6.54 Å². The first-order valence-corrected chi connectivity index (χ1v) is 7.11. The molecule has 3 rings (SSSR count). The summed E-state index contributed by atoms with van der Waals surface area (Å²) in [5, 5.41) is 8.86. The number of carbonyl (C=O) groups is 1. The third-order valence-electron chi connectivity index (χ3n) is 3.88. The van der Waals surface area contributed by atoms with E-state index in [1.165, 1.54) is 45.0 Å². The molecule has 1 heterocycles. The van der Waals surface area contributed by atoms with Crippen LogP contribution in [0.4, 0.5) is 0 Å². The van der Waals surface area contributed by atoms with E-state index < -0.39 is 5.97 Å². The first-order valence-electron chi connectivity index (χ1n) is 7.11. The van der Waals surface area contributed by atoms with Gasteiger partial charge in [0, 0.05) is 25.8 Å². The zero-order chi connectivity index (χ0) is 13.2. The Balaban J connectivity index is 1.60. The molecular formula is C15H20N2O2. The van der Waals surface area contributed by atoms with Crippen LogP contribution in [0.3, 0.4) is 0 Å². The molecule has 0 bridgehead atoms. The Morgan fingerprint density at radius 3 is 2.26 bits per heavy atom. The van der Waals surface area contributed by atoms with Gasteiger partial charge in [-0.3, -0.25) is 9.88 Å². The number of aromatic carboxylic acids is 1. The molecule has 0 radical (unpaired) electrons. The van der Waals surface area contributed by atoms with Crippen molar-refractivity contribution in [3.8, 4) is 0 Å². The fourth-order valence-corrected chi connectivity index (χ4v) is 2.41. The first kappa shape index (κ1) is 12.6. The zero-order valence-corrected chi connectivity index (χ0v) is 11.1. The lowest BCUT2D eigenvalue weighted by atomic mass is 10.2. The molecule has 19 heavy (non-hydrogen) atoms. The van der Waals surface area contributed by atoms with Crippen molar-refractivity contribution in [3.05, 3.63) is 29.6 Å². The summed E-state index contributed by atoms with van der Waals surface area (Å²) in [4.78, 5) is 17.6. The normalized spacial score (nSPS) is 18.8. The van der Waals surface area contributed by atoms with Gasteiger partial charge in [-0.05, 0) is 49.7 Å². The lowest BCUT2D eigenvalue weighted by Crippen LogP contribution is -2.28. The van der Waals surface area contributed by atoms with E-state index in [1.54, 1.807) is 6.07 Å². The Kier molecular flexibility index (Phi) is 3.51. The third-order valence-corrected chi connectivity index (χ3v) is 3.88. The van der Waals surface area contributed by atoms with Crippen molar-refractivity contribution in [1.82, 2.24) is 9.88 Å². The van der Waals surface area contributed by atoms with Gasteiger partial charge in [0.05, 0.1) is 11.3 Å². The minimum Gasteiger partial charge on any atom is -0.478 e. The van der Waals surface area contributed by atoms with Gasteiger partial charge in [-0.1, -0.05) is 0 Å². The smallest absolute Gasteiger partial charge is 0.337 e. The van der Waals surface area contributed by atoms with E-state index in [9.17, 15) is 4.79 Å². The summed E-state index contributed by atoms with van der Waals surface area (Å²) in [6, 6.07) is 3.49. The number of rotatable bonds is 7. The van der Waals surface area contributed by atoms with E-state index in [0.29, 0.717) is 0 Å². The van der Waals surface area contributed by atoms with Gasteiger partial charge in [0.2, 0.25) is 0 Å². The molecule has 1 aromatic heterocycles. The van der Waals surface area contributed by atoms with Crippen LogP contribution in [0.5, 0.6) is 0 Å². The first-order chi connectivity index (χ1) is 9.20. The maximum Gasteiger partial charge on any atom is 0.337 e. The van der Waals surface area contributed by atoms with E-state index in [2.05, 4.69) is 9.88 Å². The lowest BCUT2D eigenvalue weighted by Gasteiger charge is -2.21. The van der Waals surface area contributed by atoms with E-state index in [4.69, 9.17) is 5.11 Å². The fourth-order valence-electron chi connectivity index (χ4n) is 2.41. The molecule has 2 aliphatic rings. The predicted octanol–water partition coefficient (Wildman–Crippen LogP) is 2.40. The van der Waals surface area contributed by atoms with Gasteiger partial charge in [-0.25, -0.2) is 4.79 Å². The molecule has 102 valence electrons. The van der Waals surface area contributed by atoms with Crippen molar-refractivity contribution in [1.29, 1.82) is 0 Å². The Morgan fingerprint density at radius 2 is 1.84 bits per heavy atom. The number of carboxylic acid groups (broad SMARTS) is 1. The molecule has 0 amide bonds. The van der Waals surface area contributed by atoms with Gasteiger partial charge < -0.3 is 5.11 Å². The second-order valence-corrected chi connectivity index (χ2v) is 5.92. The van der Waals surface area contributed by atoms with Gasteiger partial charge in [0.15, 0.2) is 0 Å². The molecule has 0 atom stereocenters. The van der Waals surface area contributed by atoms with Crippen LogP contribution in [0, 0.1) is 11.8 Å².